The van der Waals surface area contributed by atoms with Gasteiger partial charge in [0.05, 0.1) is 23.7 Å². The molecule has 6 nitrogen and oxygen atoms in total. The van der Waals surface area contributed by atoms with Gasteiger partial charge < -0.3 is 15.4 Å². The summed E-state index contributed by atoms with van der Waals surface area (Å²) in [5.74, 6) is 0.262. The Morgan fingerprint density at radius 2 is 2.25 bits per heavy atom. The first kappa shape index (κ1) is 20.6. The van der Waals surface area contributed by atoms with Crippen molar-refractivity contribution in [3.63, 3.8) is 0 Å². The maximum Gasteiger partial charge on any atom is 0.228 e. The molecule has 1 atom stereocenters. The summed E-state index contributed by atoms with van der Waals surface area (Å²) < 4.78 is 5.94. The van der Waals surface area contributed by atoms with Crippen molar-refractivity contribution in [2.24, 2.45) is 11.1 Å². The lowest BCUT2D eigenvalue weighted by molar-refractivity contribution is -0.136. The van der Waals surface area contributed by atoms with Crippen molar-refractivity contribution >= 4 is 34.8 Å². The van der Waals surface area contributed by atoms with Crippen LogP contribution in [0.15, 0.2) is 29.6 Å². The molecule has 2 N–H and O–H groups in total. The van der Waals surface area contributed by atoms with Crippen molar-refractivity contribution < 1.29 is 14.3 Å². The molecule has 0 aliphatic carbocycles. The molecule has 1 aromatic heterocycles. The second-order valence-electron chi connectivity index (χ2n) is 7.34. The number of primary amides is 1. The van der Waals surface area contributed by atoms with Crippen LogP contribution in [0.5, 0.6) is 5.75 Å². The van der Waals surface area contributed by atoms with E-state index in [1.807, 2.05) is 29.3 Å². The Bertz CT molecular complexity index is 857. The molecule has 0 bridgehead atoms. The third-order valence-electron chi connectivity index (χ3n) is 4.90. The van der Waals surface area contributed by atoms with Gasteiger partial charge in [-0.1, -0.05) is 17.7 Å². The predicted molar refractivity (Wildman–Crippen MR) is 110 cm³/mol. The molecule has 150 valence electrons. The molecule has 1 unspecified atom stereocenters. The van der Waals surface area contributed by atoms with Crippen LogP contribution in [0, 0.1) is 12.3 Å². The molecule has 1 aromatic carbocycles. The lowest BCUT2D eigenvalue weighted by Gasteiger charge is -2.42. The van der Waals surface area contributed by atoms with Crippen LogP contribution in [0.2, 0.25) is 5.02 Å². The standard InChI is InChI=1S/C20H24ClN3O3S/c1-14-23-16(11-28-14)9-19(26)24-7-3-6-20(12-24,10-18(22)25)13-27-17-5-2-4-15(21)8-17/h2,4-5,8,11H,3,6-7,9-10,12-13H2,1H3,(H2,22,25). The molecule has 1 aliphatic heterocycles. The van der Waals surface area contributed by atoms with Gasteiger partial charge in [-0.25, -0.2) is 4.98 Å². The SMILES string of the molecule is Cc1nc(CC(=O)N2CCCC(COc3cccc(Cl)c3)(CC(N)=O)C2)cs1. The van der Waals surface area contributed by atoms with Crippen molar-refractivity contribution in [3.8, 4) is 5.75 Å². The first-order valence-corrected chi connectivity index (χ1v) is 10.5. The maximum atomic E-state index is 12.8. The van der Waals surface area contributed by atoms with Gasteiger partial charge >= 0.3 is 0 Å². The highest BCUT2D eigenvalue weighted by Gasteiger charge is 2.39. The van der Waals surface area contributed by atoms with E-state index in [0.29, 0.717) is 30.5 Å². The molecule has 28 heavy (non-hydrogen) atoms. The van der Waals surface area contributed by atoms with E-state index < -0.39 is 5.41 Å². The van der Waals surface area contributed by atoms with E-state index in [0.717, 1.165) is 23.5 Å². The van der Waals surface area contributed by atoms with Crippen LogP contribution in [-0.2, 0) is 16.0 Å². The minimum absolute atomic E-state index is 0.0154. The van der Waals surface area contributed by atoms with Crippen LogP contribution >= 0.6 is 22.9 Å². The van der Waals surface area contributed by atoms with E-state index in [1.165, 1.54) is 11.3 Å². The molecule has 0 saturated carbocycles. The van der Waals surface area contributed by atoms with Crippen molar-refractivity contribution in [2.45, 2.75) is 32.6 Å². The average molecular weight is 422 g/mol. The molecule has 3 rings (SSSR count). The Morgan fingerprint density at radius 1 is 1.43 bits per heavy atom. The summed E-state index contributed by atoms with van der Waals surface area (Å²) in [6, 6.07) is 7.13. The number of ether oxygens (including phenoxy) is 1. The number of thiazole rings is 1. The summed E-state index contributed by atoms with van der Waals surface area (Å²) in [5, 5.41) is 3.44. The zero-order valence-electron chi connectivity index (χ0n) is 15.8. The van der Waals surface area contributed by atoms with E-state index in [9.17, 15) is 9.59 Å². The highest BCUT2D eigenvalue weighted by Crippen LogP contribution is 2.35. The third-order valence-corrected chi connectivity index (χ3v) is 5.96. The van der Waals surface area contributed by atoms with Crippen LogP contribution in [0.1, 0.15) is 30.0 Å². The number of piperidine rings is 1. The Balaban J connectivity index is 1.70. The Morgan fingerprint density at radius 3 is 2.93 bits per heavy atom. The predicted octanol–water partition coefficient (Wildman–Crippen LogP) is 3.21. The summed E-state index contributed by atoms with van der Waals surface area (Å²) in [7, 11) is 0. The van der Waals surface area contributed by atoms with Crippen molar-refractivity contribution in [1.29, 1.82) is 0 Å². The highest BCUT2D eigenvalue weighted by atomic mass is 35.5. The van der Waals surface area contributed by atoms with Gasteiger partial charge in [0.25, 0.3) is 0 Å². The molecular formula is C20H24ClN3O3S. The van der Waals surface area contributed by atoms with Gasteiger partial charge in [-0.3, -0.25) is 9.59 Å². The molecule has 2 heterocycles. The lowest BCUT2D eigenvalue weighted by Crippen LogP contribution is -2.50. The zero-order chi connectivity index (χ0) is 20.1. The molecule has 0 spiro atoms. The number of amides is 2. The molecule has 2 aromatic rings. The number of aryl methyl sites for hydroxylation is 1. The molecule has 1 fully saturated rings. The summed E-state index contributed by atoms with van der Waals surface area (Å²) in [5.41, 5.74) is 5.81. The fourth-order valence-corrected chi connectivity index (χ4v) is 4.45. The Kier molecular flexibility index (Phi) is 6.57. The van der Waals surface area contributed by atoms with Crippen LogP contribution in [0.4, 0.5) is 0 Å². The van der Waals surface area contributed by atoms with E-state index in [4.69, 9.17) is 22.1 Å². The quantitative estimate of drug-likeness (QED) is 0.743. The highest BCUT2D eigenvalue weighted by molar-refractivity contribution is 7.09. The fourth-order valence-electron chi connectivity index (χ4n) is 3.65. The van der Waals surface area contributed by atoms with Crippen LogP contribution in [0.3, 0.4) is 0 Å². The van der Waals surface area contributed by atoms with E-state index >= 15 is 0 Å². The lowest BCUT2D eigenvalue weighted by atomic mass is 9.77. The number of hydrogen-bond acceptors (Lipinski definition) is 5. The minimum Gasteiger partial charge on any atom is -0.493 e. The second kappa shape index (κ2) is 8.92. The fraction of sp³-hybridized carbons (Fsp3) is 0.450. The summed E-state index contributed by atoms with van der Waals surface area (Å²) in [6.07, 6.45) is 2.02. The van der Waals surface area contributed by atoms with Gasteiger partial charge in [-0.15, -0.1) is 11.3 Å². The van der Waals surface area contributed by atoms with E-state index in [-0.39, 0.29) is 24.7 Å². The van der Waals surface area contributed by atoms with Crippen molar-refractivity contribution in [3.05, 3.63) is 45.4 Å². The average Bonchev–Trinajstić information content (AvgIpc) is 3.04. The summed E-state index contributed by atoms with van der Waals surface area (Å²) in [4.78, 5) is 30.7. The van der Waals surface area contributed by atoms with Crippen LogP contribution in [0.25, 0.3) is 0 Å². The van der Waals surface area contributed by atoms with Gasteiger partial charge in [-0.2, -0.15) is 0 Å². The number of likely N-dealkylation sites (tertiary alicyclic amines) is 1. The Hall–Kier alpha value is -2.12. The number of halogens is 1. The zero-order valence-corrected chi connectivity index (χ0v) is 17.4. The number of nitrogens with two attached hydrogens (primary N) is 1. The first-order chi connectivity index (χ1) is 13.3. The first-order valence-electron chi connectivity index (χ1n) is 9.21. The number of carbonyl (C=O) groups is 2. The minimum atomic E-state index is -0.500. The number of benzene rings is 1. The van der Waals surface area contributed by atoms with Gasteiger partial charge in [0, 0.05) is 35.3 Å². The van der Waals surface area contributed by atoms with Crippen molar-refractivity contribution in [1.82, 2.24) is 9.88 Å². The number of hydrogen-bond donors (Lipinski definition) is 1. The van der Waals surface area contributed by atoms with E-state index in [2.05, 4.69) is 4.98 Å². The largest absolute Gasteiger partial charge is 0.493 e. The topological polar surface area (TPSA) is 85.5 Å². The van der Waals surface area contributed by atoms with Crippen molar-refractivity contribution in [2.75, 3.05) is 19.7 Å². The third kappa shape index (κ3) is 5.45. The number of nitrogens with zero attached hydrogens (tertiary/aromatic N) is 2. The molecule has 1 saturated heterocycles. The number of carbonyl (C=O) groups excluding carboxylic acids is 2. The van der Waals surface area contributed by atoms with Gasteiger partial charge in [-0.05, 0) is 38.0 Å². The molecule has 8 heteroatoms. The van der Waals surface area contributed by atoms with Gasteiger partial charge in [0.1, 0.15) is 5.75 Å². The molecule has 2 amide bonds. The van der Waals surface area contributed by atoms with Crippen LogP contribution in [-0.4, -0.2) is 41.4 Å². The molecule has 1 aliphatic rings. The second-order valence-corrected chi connectivity index (χ2v) is 8.84. The summed E-state index contributed by atoms with van der Waals surface area (Å²) in [6.45, 7) is 3.33. The van der Waals surface area contributed by atoms with E-state index in [1.54, 1.807) is 12.1 Å². The molecular weight excluding hydrogens is 398 g/mol. The molecule has 0 radical (unpaired) electrons. The Labute approximate surface area is 173 Å². The number of aromatic nitrogens is 1. The van der Waals surface area contributed by atoms with Gasteiger partial charge in [0.2, 0.25) is 11.8 Å². The van der Waals surface area contributed by atoms with Gasteiger partial charge in [0.15, 0.2) is 0 Å². The normalized spacial score (nSPS) is 19.4. The summed E-state index contributed by atoms with van der Waals surface area (Å²) >= 11 is 7.55. The van der Waals surface area contributed by atoms with Crippen LogP contribution < -0.4 is 10.5 Å². The smallest absolute Gasteiger partial charge is 0.228 e. The monoisotopic (exact) mass is 421 g/mol. The number of rotatable bonds is 7. The maximum absolute atomic E-state index is 12.8.